The van der Waals surface area contributed by atoms with E-state index in [2.05, 4.69) is 54.8 Å². The predicted molar refractivity (Wildman–Crippen MR) is 108 cm³/mol. The van der Waals surface area contributed by atoms with Crippen molar-refractivity contribution in [1.82, 2.24) is 9.55 Å². The van der Waals surface area contributed by atoms with Crippen molar-refractivity contribution < 1.29 is 18.8 Å². The number of nitro groups is 1. The van der Waals surface area contributed by atoms with E-state index in [1.165, 1.54) is 6.20 Å². The molecule has 27 heavy (non-hydrogen) atoms. The third-order valence-corrected chi connectivity index (χ3v) is 10.4. The Balaban J connectivity index is 2.10. The van der Waals surface area contributed by atoms with Gasteiger partial charge in [-0.1, -0.05) is 20.8 Å². The second kappa shape index (κ2) is 9.12. The molecule has 1 aromatic rings. The lowest BCUT2D eigenvalue weighted by atomic mass is 10.2. The van der Waals surface area contributed by atoms with Gasteiger partial charge in [0.15, 0.2) is 14.6 Å². The summed E-state index contributed by atoms with van der Waals surface area (Å²) in [6.07, 6.45) is 3.83. The maximum absolute atomic E-state index is 11.0. The summed E-state index contributed by atoms with van der Waals surface area (Å²) >= 11 is 3.29. The first kappa shape index (κ1) is 22.5. The number of hydrogen-bond acceptors (Lipinski definition) is 6. The van der Waals surface area contributed by atoms with E-state index < -0.39 is 13.2 Å². The number of nitrogens with zero attached hydrogens (tertiary/aromatic N) is 3. The van der Waals surface area contributed by atoms with Gasteiger partial charge in [-0.15, -0.1) is 0 Å². The van der Waals surface area contributed by atoms with Gasteiger partial charge in [-0.3, -0.25) is 4.57 Å². The number of hydrogen-bond donors (Lipinski definition) is 0. The van der Waals surface area contributed by atoms with Crippen LogP contribution in [0.15, 0.2) is 10.9 Å². The molecular weight excluding hydrogens is 434 g/mol. The van der Waals surface area contributed by atoms with Crippen LogP contribution in [-0.2, 0) is 20.4 Å². The summed E-state index contributed by atoms with van der Waals surface area (Å²) in [6, 6.07) is 0. The fraction of sp³-hybridized carbons (Fsp3) is 0.824. The number of rotatable bonds is 8. The largest absolute Gasteiger partial charge is 0.414 e. The third-order valence-electron chi connectivity index (χ3n) is 5.22. The molecule has 2 heterocycles. The summed E-state index contributed by atoms with van der Waals surface area (Å²) in [4.78, 5) is 14.4. The van der Waals surface area contributed by atoms with Crippen LogP contribution in [0.25, 0.3) is 0 Å². The maximum Gasteiger partial charge on any atom is 0.382 e. The van der Waals surface area contributed by atoms with Crippen LogP contribution in [-0.4, -0.2) is 48.4 Å². The molecule has 0 radical (unpaired) electrons. The SMILES string of the molecule is CC(C)(C)[Si](C)(C)OCC(Cn1cc([N+](=O)[O-])nc1Br)OC1CCCCO1. The highest BCUT2D eigenvalue weighted by atomic mass is 79.9. The van der Waals surface area contributed by atoms with Crippen LogP contribution in [0.1, 0.15) is 40.0 Å². The fourth-order valence-electron chi connectivity index (χ4n) is 2.50. The highest BCUT2D eigenvalue weighted by molar-refractivity contribution is 9.10. The zero-order chi connectivity index (χ0) is 20.2. The van der Waals surface area contributed by atoms with Crippen molar-refractivity contribution in [2.24, 2.45) is 0 Å². The zero-order valence-electron chi connectivity index (χ0n) is 16.7. The minimum absolute atomic E-state index is 0.0905. The Hall–Kier alpha value is -0.813. The Morgan fingerprint density at radius 2 is 2.19 bits per heavy atom. The van der Waals surface area contributed by atoms with E-state index in [9.17, 15) is 10.1 Å². The van der Waals surface area contributed by atoms with Gasteiger partial charge < -0.3 is 24.0 Å². The van der Waals surface area contributed by atoms with Gasteiger partial charge in [0, 0.05) is 22.5 Å². The summed E-state index contributed by atoms with van der Waals surface area (Å²) < 4.78 is 20.3. The quantitative estimate of drug-likeness (QED) is 0.320. The molecule has 0 amide bonds. The number of halogens is 1. The van der Waals surface area contributed by atoms with Gasteiger partial charge in [0.2, 0.25) is 0 Å². The van der Waals surface area contributed by atoms with Crippen molar-refractivity contribution in [2.45, 2.75) is 77.1 Å². The molecule has 1 fully saturated rings. The van der Waals surface area contributed by atoms with Crippen LogP contribution in [0, 0.1) is 10.1 Å². The normalized spacial score (nSPS) is 19.9. The number of imidazole rings is 1. The molecule has 0 N–H and O–H groups in total. The molecule has 154 valence electrons. The molecule has 1 aliphatic rings. The minimum atomic E-state index is -1.94. The molecule has 10 heteroatoms. The van der Waals surface area contributed by atoms with Crippen molar-refractivity contribution in [1.29, 1.82) is 0 Å². The van der Waals surface area contributed by atoms with Gasteiger partial charge in [-0.2, -0.15) is 0 Å². The van der Waals surface area contributed by atoms with Gasteiger partial charge in [0.25, 0.3) is 4.73 Å². The van der Waals surface area contributed by atoms with E-state index >= 15 is 0 Å². The lowest BCUT2D eigenvalue weighted by Gasteiger charge is -2.38. The number of aromatic nitrogens is 2. The molecule has 1 aliphatic heterocycles. The monoisotopic (exact) mass is 463 g/mol. The average Bonchev–Trinajstić information content (AvgIpc) is 2.94. The Labute approximate surface area is 170 Å². The fourth-order valence-corrected chi connectivity index (χ4v) is 3.97. The molecule has 1 saturated heterocycles. The van der Waals surface area contributed by atoms with Gasteiger partial charge >= 0.3 is 5.82 Å². The summed E-state index contributed by atoms with van der Waals surface area (Å²) in [5.41, 5.74) is 0. The second-order valence-electron chi connectivity index (χ2n) is 8.40. The van der Waals surface area contributed by atoms with Crippen LogP contribution in [0.5, 0.6) is 0 Å². The van der Waals surface area contributed by atoms with Crippen LogP contribution in [0.2, 0.25) is 18.1 Å². The molecule has 2 unspecified atom stereocenters. The van der Waals surface area contributed by atoms with Crippen molar-refractivity contribution in [3.63, 3.8) is 0 Å². The van der Waals surface area contributed by atoms with Crippen LogP contribution >= 0.6 is 15.9 Å². The highest BCUT2D eigenvalue weighted by Crippen LogP contribution is 2.36. The first-order valence-electron chi connectivity index (χ1n) is 9.27. The standard InChI is InChI=1S/C17H30BrN3O5Si/c1-17(2,3)27(4,5)25-12-13(26-15-8-6-7-9-24-15)10-20-11-14(21(22)23)19-16(20)18/h11,13,15H,6-10,12H2,1-5H3. The van der Waals surface area contributed by atoms with E-state index in [1.807, 2.05) is 0 Å². The van der Waals surface area contributed by atoms with Gasteiger partial charge in [-0.05, 0) is 47.3 Å². The summed E-state index contributed by atoms with van der Waals surface area (Å²) in [6.45, 7) is 12.5. The topological polar surface area (TPSA) is 88.7 Å². The molecule has 8 nitrogen and oxygen atoms in total. The van der Waals surface area contributed by atoms with Gasteiger partial charge in [0.05, 0.1) is 13.2 Å². The molecule has 0 spiro atoms. The first-order valence-corrected chi connectivity index (χ1v) is 13.0. The average molecular weight is 464 g/mol. The summed E-state index contributed by atoms with van der Waals surface area (Å²) in [5.74, 6) is -0.195. The molecule has 0 saturated carbocycles. The van der Waals surface area contributed by atoms with E-state index in [1.54, 1.807) is 4.57 Å². The Kier molecular flexibility index (Phi) is 7.59. The zero-order valence-corrected chi connectivity index (χ0v) is 19.3. The molecular formula is C17H30BrN3O5Si. The molecule has 2 atom stereocenters. The van der Waals surface area contributed by atoms with Crippen molar-refractivity contribution in [2.75, 3.05) is 13.2 Å². The lowest BCUT2D eigenvalue weighted by molar-refractivity contribution is -0.389. The van der Waals surface area contributed by atoms with E-state index in [0.29, 0.717) is 24.5 Å². The summed E-state index contributed by atoms with van der Waals surface area (Å²) in [5, 5.41) is 11.1. The van der Waals surface area contributed by atoms with Crippen molar-refractivity contribution in [3.8, 4) is 0 Å². The second-order valence-corrected chi connectivity index (χ2v) is 13.9. The predicted octanol–water partition coefficient (Wildman–Crippen LogP) is 4.49. The third kappa shape index (κ3) is 6.35. The van der Waals surface area contributed by atoms with Crippen molar-refractivity contribution in [3.05, 3.63) is 21.0 Å². The van der Waals surface area contributed by atoms with E-state index in [4.69, 9.17) is 13.9 Å². The molecule has 0 bridgehead atoms. The highest BCUT2D eigenvalue weighted by Gasteiger charge is 2.38. The van der Waals surface area contributed by atoms with Gasteiger partial charge in [-0.25, -0.2) is 0 Å². The van der Waals surface area contributed by atoms with Crippen LogP contribution < -0.4 is 0 Å². The molecule has 0 aromatic carbocycles. The lowest BCUT2D eigenvalue weighted by Crippen LogP contribution is -2.44. The first-order chi connectivity index (χ1) is 12.5. The minimum Gasteiger partial charge on any atom is -0.414 e. The smallest absolute Gasteiger partial charge is 0.382 e. The maximum atomic E-state index is 11.0. The summed E-state index contributed by atoms with van der Waals surface area (Å²) in [7, 11) is -1.94. The Bertz CT molecular complexity index is 641. The van der Waals surface area contributed by atoms with Gasteiger partial charge in [0.1, 0.15) is 12.3 Å². The van der Waals surface area contributed by atoms with Crippen LogP contribution in [0.4, 0.5) is 5.82 Å². The molecule has 2 rings (SSSR count). The molecule has 1 aromatic heterocycles. The van der Waals surface area contributed by atoms with E-state index in [0.717, 1.165) is 19.3 Å². The Morgan fingerprint density at radius 3 is 2.70 bits per heavy atom. The van der Waals surface area contributed by atoms with Crippen molar-refractivity contribution >= 4 is 30.1 Å². The van der Waals surface area contributed by atoms with Crippen LogP contribution in [0.3, 0.4) is 0 Å². The Morgan fingerprint density at radius 1 is 1.48 bits per heavy atom. The van der Waals surface area contributed by atoms with E-state index in [-0.39, 0.29) is 23.3 Å². The molecule has 0 aliphatic carbocycles. The number of ether oxygens (including phenoxy) is 2.